The van der Waals surface area contributed by atoms with Gasteiger partial charge >= 0.3 is 0 Å². The normalized spacial score (nSPS) is 13.1. The second-order valence-corrected chi connectivity index (χ2v) is 9.48. The smallest absolute Gasteiger partial charge is 0.120 e. The maximum atomic E-state index is 6.18. The Bertz CT molecular complexity index is 758. The van der Waals surface area contributed by atoms with E-state index >= 15 is 0 Å². The SMILES string of the molecule is CCCCC(CC)COc1cccc(-c2cc(OCC(CC)CCCC)ccc2Br)c1. The molecule has 0 heterocycles. The largest absolute Gasteiger partial charge is 0.493 e. The number of hydrogen-bond donors (Lipinski definition) is 0. The predicted octanol–water partition coefficient (Wildman–Crippen LogP) is 9.31. The third kappa shape index (κ3) is 8.88. The Kier molecular flexibility index (Phi) is 12.1. The van der Waals surface area contributed by atoms with E-state index in [1.807, 2.05) is 0 Å². The fraction of sp³-hybridized carbons (Fsp3) is 0.571. The fourth-order valence-corrected chi connectivity index (χ4v) is 4.27. The van der Waals surface area contributed by atoms with Gasteiger partial charge in [-0.05, 0) is 66.1 Å². The zero-order valence-electron chi connectivity index (χ0n) is 20.0. The van der Waals surface area contributed by atoms with Crippen molar-refractivity contribution in [3.05, 3.63) is 46.9 Å². The summed E-state index contributed by atoms with van der Waals surface area (Å²) < 4.78 is 13.4. The molecular weight excluding hydrogens is 448 g/mol. The molecular formula is C28H41BrO2. The molecule has 0 saturated carbocycles. The first-order valence-electron chi connectivity index (χ1n) is 12.3. The van der Waals surface area contributed by atoms with E-state index in [4.69, 9.17) is 9.47 Å². The lowest BCUT2D eigenvalue weighted by molar-refractivity contribution is 0.233. The zero-order chi connectivity index (χ0) is 22.5. The Morgan fingerprint density at radius 1 is 0.742 bits per heavy atom. The molecule has 0 fully saturated rings. The Morgan fingerprint density at radius 2 is 1.32 bits per heavy atom. The zero-order valence-corrected chi connectivity index (χ0v) is 21.5. The third-order valence-electron chi connectivity index (χ3n) is 6.14. The van der Waals surface area contributed by atoms with Gasteiger partial charge in [0.05, 0.1) is 13.2 Å². The predicted molar refractivity (Wildman–Crippen MR) is 137 cm³/mol. The molecule has 0 N–H and O–H groups in total. The van der Waals surface area contributed by atoms with Crippen molar-refractivity contribution in [3.63, 3.8) is 0 Å². The van der Waals surface area contributed by atoms with Crippen LogP contribution in [-0.2, 0) is 0 Å². The van der Waals surface area contributed by atoms with E-state index in [1.165, 1.54) is 51.4 Å². The van der Waals surface area contributed by atoms with Crippen molar-refractivity contribution < 1.29 is 9.47 Å². The van der Waals surface area contributed by atoms with Gasteiger partial charge in [-0.25, -0.2) is 0 Å². The van der Waals surface area contributed by atoms with E-state index in [-0.39, 0.29) is 0 Å². The average molecular weight is 490 g/mol. The van der Waals surface area contributed by atoms with Crippen LogP contribution in [0.1, 0.15) is 79.1 Å². The molecule has 0 aliphatic carbocycles. The molecule has 2 aromatic carbocycles. The molecule has 0 spiro atoms. The first kappa shape index (κ1) is 25.8. The first-order valence-corrected chi connectivity index (χ1v) is 13.1. The number of ether oxygens (including phenoxy) is 2. The van der Waals surface area contributed by atoms with Crippen LogP contribution in [0.4, 0.5) is 0 Å². The van der Waals surface area contributed by atoms with E-state index in [1.54, 1.807) is 0 Å². The van der Waals surface area contributed by atoms with Crippen molar-refractivity contribution in [2.45, 2.75) is 79.1 Å². The van der Waals surface area contributed by atoms with Gasteiger partial charge in [0.2, 0.25) is 0 Å². The highest BCUT2D eigenvalue weighted by molar-refractivity contribution is 9.10. The van der Waals surface area contributed by atoms with Crippen LogP contribution in [0.3, 0.4) is 0 Å². The van der Waals surface area contributed by atoms with Gasteiger partial charge in [0, 0.05) is 4.47 Å². The molecule has 0 saturated heterocycles. The maximum absolute atomic E-state index is 6.18. The molecule has 2 atom stereocenters. The maximum Gasteiger partial charge on any atom is 0.120 e. The molecule has 0 aliphatic rings. The number of benzene rings is 2. The topological polar surface area (TPSA) is 18.5 Å². The molecule has 0 aromatic heterocycles. The fourth-order valence-electron chi connectivity index (χ4n) is 3.79. The van der Waals surface area contributed by atoms with Gasteiger partial charge in [0.1, 0.15) is 11.5 Å². The third-order valence-corrected chi connectivity index (χ3v) is 6.83. The van der Waals surface area contributed by atoms with Crippen LogP contribution in [0.25, 0.3) is 11.1 Å². The van der Waals surface area contributed by atoms with Crippen LogP contribution in [0.5, 0.6) is 11.5 Å². The summed E-state index contributed by atoms with van der Waals surface area (Å²) in [5.74, 6) is 3.13. The summed E-state index contributed by atoms with van der Waals surface area (Å²) in [7, 11) is 0. The summed E-state index contributed by atoms with van der Waals surface area (Å²) >= 11 is 3.73. The standard InChI is InChI=1S/C28H41BrO2/c1-5-9-12-22(7-3)20-30-25-15-11-14-24(18-25)27-19-26(16-17-28(27)29)31-21-23(8-4)13-10-6-2/h11,14-19,22-23H,5-10,12-13,20-21H2,1-4H3. The average Bonchev–Trinajstić information content (AvgIpc) is 2.80. The van der Waals surface area contributed by atoms with Gasteiger partial charge in [-0.3, -0.25) is 0 Å². The highest BCUT2D eigenvalue weighted by Crippen LogP contribution is 2.34. The summed E-state index contributed by atoms with van der Waals surface area (Å²) in [6.07, 6.45) is 9.87. The Labute approximate surface area is 198 Å². The molecule has 2 rings (SSSR count). The number of hydrogen-bond acceptors (Lipinski definition) is 2. The van der Waals surface area contributed by atoms with E-state index < -0.39 is 0 Å². The highest BCUT2D eigenvalue weighted by atomic mass is 79.9. The Morgan fingerprint density at radius 3 is 1.87 bits per heavy atom. The van der Waals surface area contributed by atoms with Crippen molar-refractivity contribution >= 4 is 15.9 Å². The molecule has 2 unspecified atom stereocenters. The van der Waals surface area contributed by atoms with Crippen LogP contribution in [0.2, 0.25) is 0 Å². The van der Waals surface area contributed by atoms with Gasteiger partial charge in [0.15, 0.2) is 0 Å². The van der Waals surface area contributed by atoms with Crippen molar-refractivity contribution in [2.75, 3.05) is 13.2 Å². The molecule has 0 aliphatic heterocycles. The quantitative estimate of drug-likeness (QED) is 0.248. The second kappa shape index (κ2) is 14.6. The molecule has 2 nitrogen and oxygen atoms in total. The van der Waals surface area contributed by atoms with Crippen molar-refractivity contribution in [2.24, 2.45) is 11.8 Å². The van der Waals surface area contributed by atoms with Crippen molar-refractivity contribution in [3.8, 4) is 22.6 Å². The lowest BCUT2D eigenvalue weighted by Gasteiger charge is -2.17. The van der Waals surface area contributed by atoms with Gasteiger partial charge in [-0.15, -0.1) is 0 Å². The van der Waals surface area contributed by atoms with Crippen LogP contribution in [-0.4, -0.2) is 13.2 Å². The minimum absolute atomic E-state index is 0.628. The minimum Gasteiger partial charge on any atom is -0.493 e. The second-order valence-electron chi connectivity index (χ2n) is 8.62. The van der Waals surface area contributed by atoms with E-state index in [2.05, 4.69) is 86.1 Å². The highest BCUT2D eigenvalue weighted by Gasteiger charge is 2.11. The summed E-state index contributed by atoms with van der Waals surface area (Å²) in [4.78, 5) is 0. The molecule has 0 radical (unpaired) electrons. The van der Waals surface area contributed by atoms with E-state index in [0.717, 1.165) is 40.3 Å². The summed E-state index contributed by atoms with van der Waals surface area (Å²) in [5.41, 5.74) is 2.29. The van der Waals surface area contributed by atoms with Crippen LogP contribution in [0, 0.1) is 11.8 Å². The van der Waals surface area contributed by atoms with Crippen LogP contribution in [0.15, 0.2) is 46.9 Å². The number of unbranched alkanes of at least 4 members (excludes halogenated alkanes) is 2. The lowest BCUT2D eigenvalue weighted by Crippen LogP contribution is -2.11. The molecule has 0 bridgehead atoms. The molecule has 0 amide bonds. The van der Waals surface area contributed by atoms with Crippen molar-refractivity contribution in [1.82, 2.24) is 0 Å². The van der Waals surface area contributed by atoms with Gasteiger partial charge < -0.3 is 9.47 Å². The van der Waals surface area contributed by atoms with E-state index in [9.17, 15) is 0 Å². The molecule has 2 aromatic rings. The van der Waals surface area contributed by atoms with Gasteiger partial charge in [0.25, 0.3) is 0 Å². The van der Waals surface area contributed by atoms with Gasteiger partial charge in [-0.2, -0.15) is 0 Å². The Balaban J connectivity index is 2.06. The monoisotopic (exact) mass is 488 g/mol. The minimum atomic E-state index is 0.628. The van der Waals surface area contributed by atoms with Crippen molar-refractivity contribution in [1.29, 1.82) is 0 Å². The summed E-state index contributed by atoms with van der Waals surface area (Å²) in [5, 5.41) is 0. The summed E-state index contributed by atoms with van der Waals surface area (Å²) in [6, 6.07) is 14.7. The lowest BCUT2D eigenvalue weighted by atomic mass is 10.0. The number of halogens is 1. The number of rotatable bonds is 15. The van der Waals surface area contributed by atoms with Gasteiger partial charge in [-0.1, -0.05) is 94.3 Å². The molecule has 172 valence electrons. The summed E-state index contributed by atoms with van der Waals surface area (Å²) in [6.45, 7) is 10.6. The Hall–Kier alpha value is -1.48. The van der Waals surface area contributed by atoms with Crippen LogP contribution < -0.4 is 9.47 Å². The van der Waals surface area contributed by atoms with E-state index in [0.29, 0.717) is 11.8 Å². The first-order chi connectivity index (χ1) is 15.1. The van der Waals surface area contributed by atoms with Crippen LogP contribution >= 0.6 is 15.9 Å². The molecule has 3 heteroatoms. The molecule has 31 heavy (non-hydrogen) atoms.